The first kappa shape index (κ1) is 33.9. The van der Waals surface area contributed by atoms with Gasteiger partial charge in [0, 0.05) is 40.5 Å². The lowest BCUT2D eigenvalue weighted by atomic mass is 9.32. The van der Waals surface area contributed by atoms with E-state index in [0.717, 1.165) is 56.2 Å². The summed E-state index contributed by atoms with van der Waals surface area (Å²) in [7, 11) is 0. The molecule has 0 aliphatic heterocycles. The predicted molar refractivity (Wildman–Crippen MR) is 188 cm³/mol. The number of fused-ring (bicyclic) bond motifs is 1. The molecule has 0 radical (unpaired) electrons. The minimum Gasteiger partial charge on any atom is -0.393 e. The molecule has 6 heteroatoms. The number of aliphatic hydroxyl groups is 3. The second-order valence-corrected chi connectivity index (χ2v) is 16.4. The van der Waals surface area contributed by atoms with E-state index in [4.69, 9.17) is 4.74 Å². The zero-order valence-corrected chi connectivity index (χ0v) is 29.1. The third-order valence-electron chi connectivity index (χ3n) is 13.9. The van der Waals surface area contributed by atoms with Crippen LogP contribution in [0.4, 0.5) is 0 Å². The van der Waals surface area contributed by atoms with Gasteiger partial charge in [0.25, 0.3) is 0 Å². The fourth-order valence-corrected chi connectivity index (χ4v) is 11.5. The molecule has 0 heterocycles. The van der Waals surface area contributed by atoms with Gasteiger partial charge in [0.15, 0.2) is 5.78 Å². The molecule has 3 fully saturated rings. The maximum absolute atomic E-state index is 14.6. The third-order valence-corrected chi connectivity index (χ3v) is 13.9. The quantitative estimate of drug-likeness (QED) is 0.174. The molecule has 3 N–H and O–H groups in total. The highest BCUT2D eigenvalue weighted by atomic mass is 16.5. The molecule has 0 aromatic heterocycles. The van der Waals surface area contributed by atoms with Crippen LogP contribution in [0.5, 0.6) is 0 Å². The Bertz CT molecular complexity index is 1540. The number of hydrogen-bond acceptors (Lipinski definition) is 6. The largest absolute Gasteiger partial charge is 0.393 e. The lowest BCUT2D eigenvalue weighted by Crippen LogP contribution is -2.67. The average Bonchev–Trinajstić information content (AvgIpc) is 3.35. The van der Waals surface area contributed by atoms with Crippen molar-refractivity contribution in [3.63, 3.8) is 0 Å². The summed E-state index contributed by atoms with van der Waals surface area (Å²) in [5, 5.41) is 34.9. The fourth-order valence-electron chi connectivity index (χ4n) is 11.5. The minimum atomic E-state index is -0.957. The second kappa shape index (κ2) is 12.6. The van der Waals surface area contributed by atoms with Gasteiger partial charge in [-0.25, -0.2) is 0 Å². The number of allylic oxidation sites excluding steroid dienone is 4. The van der Waals surface area contributed by atoms with Crippen LogP contribution in [-0.2, 0) is 11.3 Å². The van der Waals surface area contributed by atoms with E-state index in [0.29, 0.717) is 38.1 Å². The number of aliphatic hydroxyl groups excluding tert-OH is 2. The summed E-state index contributed by atoms with van der Waals surface area (Å²) >= 11 is 0. The van der Waals surface area contributed by atoms with E-state index in [2.05, 4.69) is 43.9 Å². The molecule has 0 saturated heterocycles. The lowest BCUT2D eigenvalue weighted by Gasteiger charge is -2.71. The van der Waals surface area contributed by atoms with Crippen LogP contribution in [0.3, 0.4) is 0 Å². The molecule has 9 unspecified atom stereocenters. The highest BCUT2D eigenvalue weighted by Crippen LogP contribution is 2.78. The van der Waals surface area contributed by atoms with Gasteiger partial charge < -0.3 is 20.1 Å². The Balaban J connectivity index is 1.18. The van der Waals surface area contributed by atoms with Gasteiger partial charge >= 0.3 is 0 Å². The smallest absolute Gasteiger partial charge is 0.189 e. The Morgan fingerprint density at radius 1 is 0.938 bits per heavy atom. The summed E-state index contributed by atoms with van der Waals surface area (Å²) in [5.41, 5.74) is 0.461. The fraction of sp³-hybridized carbons (Fsp3) is 0.595. The van der Waals surface area contributed by atoms with Gasteiger partial charge in [-0.1, -0.05) is 99.7 Å². The number of rotatable bonds is 12. The molecule has 0 amide bonds. The number of carbonyl (C=O) groups is 1. The van der Waals surface area contributed by atoms with Crippen molar-refractivity contribution in [3.8, 4) is 0 Å². The van der Waals surface area contributed by atoms with Crippen molar-refractivity contribution in [1.82, 2.24) is 4.90 Å². The Kier molecular flexibility index (Phi) is 8.90. The lowest BCUT2D eigenvalue weighted by molar-refractivity contribution is -0.177. The van der Waals surface area contributed by atoms with Crippen molar-refractivity contribution >= 4 is 5.78 Å². The van der Waals surface area contributed by atoms with Gasteiger partial charge in [0.05, 0.1) is 31.0 Å². The molecule has 8 rings (SSSR count). The van der Waals surface area contributed by atoms with Crippen LogP contribution in [0.15, 0.2) is 84.5 Å². The van der Waals surface area contributed by atoms with Gasteiger partial charge in [0.2, 0.25) is 0 Å². The number of benzene rings is 2. The summed E-state index contributed by atoms with van der Waals surface area (Å²) in [6, 6.07) is 19.7. The number of ketones is 1. The van der Waals surface area contributed by atoms with Gasteiger partial charge in [0.1, 0.15) is 0 Å². The highest BCUT2D eigenvalue weighted by molar-refractivity contribution is 6.10. The summed E-state index contributed by atoms with van der Waals surface area (Å²) in [5.74, 6) is 0.469. The summed E-state index contributed by atoms with van der Waals surface area (Å²) in [6.45, 7) is 9.29. The first-order valence-electron chi connectivity index (χ1n) is 18.5. The molecule has 6 nitrogen and oxygen atoms in total. The van der Waals surface area contributed by atoms with Crippen molar-refractivity contribution in [2.24, 2.45) is 33.5 Å². The maximum atomic E-state index is 14.6. The van der Waals surface area contributed by atoms with E-state index in [-0.39, 0.29) is 41.2 Å². The number of carbonyl (C=O) groups excluding carboxylic acids is 1. The van der Waals surface area contributed by atoms with Crippen molar-refractivity contribution < 1.29 is 24.9 Å². The predicted octanol–water partition coefficient (Wildman–Crippen LogP) is 6.75. The van der Waals surface area contributed by atoms with Gasteiger partial charge in [-0.2, -0.15) is 0 Å². The van der Waals surface area contributed by atoms with Crippen molar-refractivity contribution in [2.45, 2.75) is 96.6 Å². The highest BCUT2D eigenvalue weighted by Gasteiger charge is 2.74. The molecule has 48 heavy (non-hydrogen) atoms. The first-order valence-corrected chi connectivity index (χ1v) is 18.5. The van der Waals surface area contributed by atoms with Crippen LogP contribution < -0.4 is 0 Å². The third kappa shape index (κ3) is 5.21. The van der Waals surface area contributed by atoms with E-state index in [1.807, 2.05) is 60.7 Å². The minimum absolute atomic E-state index is 0.0540. The van der Waals surface area contributed by atoms with E-state index < -0.39 is 22.5 Å². The summed E-state index contributed by atoms with van der Waals surface area (Å²) < 4.78 is 5.88. The summed E-state index contributed by atoms with van der Waals surface area (Å²) in [6.07, 6.45) is 12.7. The standard InChI is InChI=1S/C42H55NO5/c1-4-23-43(26-33(45)28-48-27-30-11-7-5-8-12-30)29-41(47)20-17-36-39(41,3)19-16-35-38(2)18-15-32(44)24-40(38)21-22-42(35,36)34(25-40)37(46)31-13-9-6-10-14-31/h5-14,21-22,25,32-33,35-36,44-45,47H,4,15-20,23-24,26-29H2,1-3H3. The van der Waals surface area contributed by atoms with Gasteiger partial charge in [-0.05, 0) is 80.7 Å². The topological polar surface area (TPSA) is 90.2 Å². The Labute approximate surface area is 286 Å². The number of nitrogens with zero attached hydrogens (tertiary/aromatic N) is 1. The molecule has 2 bridgehead atoms. The molecule has 9 atom stereocenters. The Hall–Kier alpha value is -2.61. The van der Waals surface area contributed by atoms with Crippen LogP contribution in [0, 0.1) is 33.5 Å². The van der Waals surface area contributed by atoms with Crippen LogP contribution in [0.25, 0.3) is 0 Å². The summed E-state index contributed by atoms with van der Waals surface area (Å²) in [4.78, 5) is 16.9. The van der Waals surface area contributed by atoms with Crippen LogP contribution in [-0.4, -0.2) is 70.1 Å². The van der Waals surface area contributed by atoms with Gasteiger partial charge in [-0.15, -0.1) is 0 Å². The molecule has 6 aliphatic rings. The van der Waals surface area contributed by atoms with Crippen LogP contribution >= 0.6 is 0 Å². The molecule has 3 saturated carbocycles. The molecule has 2 aromatic carbocycles. The average molecular weight is 654 g/mol. The number of ether oxygens (including phenoxy) is 1. The van der Waals surface area contributed by atoms with Crippen molar-refractivity contribution in [3.05, 3.63) is 95.6 Å². The monoisotopic (exact) mass is 653 g/mol. The molecule has 6 aliphatic carbocycles. The Morgan fingerprint density at radius 3 is 2.33 bits per heavy atom. The Morgan fingerprint density at radius 2 is 1.60 bits per heavy atom. The zero-order chi connectivity index (χ0) is 33.8. The zero-order valence-electron chi connectivity index (χ0n) is 29.1. The van der Waals surface area contributed by atoms with Crippen LogP contribution in [0.1, 0.15) is 88.1 Å². The SMILES string of the molecule is CCCN(CC(O)COCc1ccccc1)CC1(O)CCC2C34C=CC5(C=C3C(=O)c3ccccc3)CC(O)CCC5(C)C4CCC21C. The van der Waals surface area contributed by atoms with E-state index in [1.165, 1.54) is 0 Å². The second-order valence-electron chi connectivity index (χ2n) is 16.4. The van der Waals surface area contributed by atoms with Crippen LogP contribution in [0.2, 0.25) is 0 Å². The molecule has 2 spiro atoms. The number of hydrogen-bond donors (Lipinski definition) is 3. The normalized spacial score (nSPS) is 38.6. The first-order chi connectivity index (χ1) is 23.0. The van der Waals surface area contributed by atoms with Crippen molar-refractivity contribution in [1.29, 1.82) is 0 Å². The van der Waals surface area contributed by atoms with Crippen molar-refractivity contribution in [2.75, 3.05) is 26.2 Å². The van der Waals surface area contributed by atoms with E-state index >= 15 is 0 Å². The molecule has 2 aromatic rings. The number of Topliss-reactive ketones (excluding diaryl/α,β-unsaturated/α-hetero) is 1. The van der Waals surface area contributed by atoms with Gasteiger partial charge in [-0.3, -0.25) is 9.69 Å². The molecular weight excluding hydrogens is 598 g/mol. The molecular formula is C42H55NO5. The maximum Gasteiger partial charge on any atom is 0.189 e. The molecule has 258 valence electrons. The van der Waals surface area contributed by atoms with E-state index in [9.17, 15) is 20.1 Å². The van der Waals surface area contributed by atoms with E-state index in [1.54, 1.807) is 0 Å².